The molecular formula is C20H27N3O4. The molecule has 2 aliphatic heterocycles. The van der Waals surface area contributed by atoms with E-state index in [1.807, 2.05) is 24.3 Å². The summed E-state index contributed by atoms with van der Waals surface area (Å²) in [6.07, 6.45) is 0.942. The molecule has 3 rings (SSSR count). The molecule has 7 nitrogen and oxygen atoms in total. The van der Waals surface area contributed by atoms with Gasteiger partial charge in [0, 0.05) is 26.6 Å². The molecule has 2 unspecified atom stereocenters. The zero-order valence-electron chi connectivity index (χ0n) is 15.9. The van der Waals surface area contributed by atoms with Crippen LogP contribution in [0.15, 0.2) is 24.3 Å². The fraction of sp³-hybridized carbons (Fsp3) is 0.550. The van der Waals surface area contributed by atoms with Crippen LogP contribution in [0, 0.1) is 0 Å². The van der Waals surface area contributed by atoms with Crippen LogP contribution in [0.5, 0.6) is 0 Å². The lowest BCUT2D eigenvalue weighted by molar-refractivity contribution is -0.140. The van der Waals surface area contributed by atoms with Gasteiger partial charge in [-0.05, 0) is 24.5 Å². The van der Waals surface area contributed by atoms with Gasteiger partial charge in [-0.2, -0.15) is 0 Å². The number of carbonyl (C=O) groups is 3. The van der Waals surface area contributed by atoms with Gasteiger partial charge in [-0.15, -0.1) is 0 Å². The molecule has 3 amide bonds. The molecular weight excluding hydrogens is 346 g/mol. The Morgan fingerprint density at radius 1 is 1.19 bits per heavy atom. The maximum atomic E-state index is 12.6. The predicted octanol–water partition coefficient (Wildman–Crippen LogP) is 0.886. The van der Waals surface area contributed by atoms with Crippen LogP contribution in [0.25, 0.3) is 0 Å². The van der Waals surface area contributed by atoms with Gasteiger partial charge < -0.3 is 19.9 Å². The topological polar surface area (TPSA) is 79.0 Å². The fourth-order valence-corrected chi connectivity index (χ4v) is 3.84. The molecule has 0 radical (unpaired) electrons. The van der Waals surface area contributed by atoms with Gasteiger partial charge in [0.1, 0.15) is 6.04 Å². The van der Waals surface area contributed by atoms with E-state index in [1.165, 1.54) is 12.5 Å². The maximum absolute atomic E-state index is 12.6. The number of amides is 3. The first-order chi connectivity index (χ1) is 13.0. The summed E-state index contributed by atoms with van der Waals surface area (Å²) in [5, 5.41) is 2.81. The minimum Gasteiger partial charge on any atom is -0.378 e. The fourth-order valence-electron chi connectivity index (χ4n) is 3.84. The number of morpholine rings is 1. The van der Waals surface area contributed by atoms with E-state index in [9.17, 15) is 14.4 Å². The van der Waals surface area contributed by atoms with E-state index in [0.29, 0.717) is 32.8 Å². The van der Waals surface area contributed by atoms with Gasteiger partial charge in [0.05, 0.1) is 25.7 Å². The van der Waals surface area contributed by atoms with Crippen LogP contribution in [0.3, 0.4) is 0 Å². The molecule has 2 aliphatic rings. The highest BCUT2D eigenvalue weighted by molar-refractivity contribution is 5.88. The van der Waals surface area contributed by atoms with E-state index < -0.39 is 6.04 Å². The molecule has 0 spiro atoms. The molecule has 1 N–H and O–H groups in total. The third kappa shape index (κ3) is 4.47. The minimum atomic E-state index is -0.597. The summed E-state index contributed by atoms with van der Waals surface area (Å²) in [7, 11) is 0. The molecule has 146 valence electrons. The van der Waals surface area contributed by atoms with Gasteiger partial charge in [0.15, 0.2) is 0 Å². The number of carbonyl (C=O) groups excluding carboxylic acids is 3. The SMILES string of the molecule is CC(=O)N1CCc2ccccc2C1CC(=O)NC(C)C(=O)N1CCOCC1. The van der Waals surface area contributed by atoms with Crippen LogP contribution < -0.4 is 5.32 Å². The molecule has 1 aromatic rings. The first-order valence-electron chi connectivity index (χ1n) is 9.48. The number of nitrogens with one attached hydrogen (secondary N) is 1. The molecule has 7 heteroatoms. The lowest BCUT2D eigenvalue weighted by Crippen LogP contribution is -2.51. The molecule has 2 atom stereocenters. The van der Waals surface area contributed by atoms with E-state index in [0.717, 1.165) is 12.0 Å². The van der Waals surface area contributed by atoms with Crippen molar-refractivity contribution in [1.29, 1.82) is 0 Å². The maximum Gasteiger partial charge on any atom is 0.245 e. The Labute approximate surface area is 159 Å². The van der Waals surface area contributed by atoms with Crippen molar-refractivity contribution >= 4 is 17.7 Å². The second-order valence-electron chi connectivity index (χ2n) is 7.11. The van der Waals surface area contributed by atoms with Crippen LogP contribution in [0.1, 0.15) is 37.4 Å². The summed E-state index contributed by atoms with van der Waals surface area (Å²) in [6.45, 7) is 5.99. The zero-order chi connectivity index (χ0) is 19.4. The number of fused-ring (bicyclic) bond motifs is 1. The summed E-state index contributed by atoms with van der Waals surface area (Å²) >= 11 is 0. The van der Waals surface area contributed by atoms with E-state index in [1.54, 1.807) is 16.7 Å². The summed E-state index contributed by atoms with van der Waals surface area (Å²) < 4.78 is 5.26. The molecule has 0 saturated carbocycles. The number of hydrogen-bond donors (Lipinski definition) is 1. The number of benzene rings is 1. The Morgan fingerprint density at radius 3 is 2.59 bits per heavy atom. The van der Waals surface area contributed by atoms with Crippen LogP contribution in [0.4, 0.5) is 0 Å². The Kier molecular flexibility index (Phi) is 6.11. The van der Waals surface area contributed by atoms with Crippen LogP contribution in [0.2, 0.25) is 0 Å². The lowest BCUT2D eigenvalue weighted by Gasteiger charge is -2.37. The Morgan fingerprint density at radius 2 is 1.89 bits per heavy atom. The smallest absolute Gasteiger partial charge is 0.245 e. The van der Waals surface area contributed by atoms with Gasteiger partial charge in [-0.25, -0.2) is 0 Å². The van der Waals surface area contributed by atoms with Crippen molar-refractivity contribution in [3.8, 4) is 0 Å². The van der Waals surface area contributed by atoms with E-state index >= 15 is 0 Å². The summed E-state index contributed by atoms with van der Waals surface area (Å²) in [6, 6.07) is 7.03. The average molecular weight is 373 g/mol. The lowest BCUT2D eigenvalue weighted by atomic mass is 9.90. The molecule has 0 aliphatic carbocycles. The van der Waals surface area contributed by atoms with Crippen LogP contribution in [-0.2, 0) is 25.5 Å². The third-order valence-electron chi connectivity index (χ3n) is 5.27. The summed E-state index contributed by atoms with van der Waals surface area (Å²) in [5.74, 6) is -0.365. The Balaban J connectivity index is 1.66. The average Bonchev–Trinajstić information content (AvgIpc) is 2.68. The van der Waals surface area contributed by atoms with Gasteiger partial charge in [-0.1, -0.05) is 24.3 Å². The van der Waals surface area contributed by atoms with Crippen molar-refractivity contribution in [3.05, 3.63) is 35.4 Å². The van der Waals surface area contributed by atoms with Crippen molar-refractivity contribution < 1.29 is 19.1 Å². The summed E-state index contributed by atoms with van der Waals surface area (Å²) in [4.78, 5) is 40.7. The van der Waals surface area contributed by atoms with E-state index in [-0.39, 0.29) is 30.2 Å². The van der Waals surface area contributed by atoms with Crippen LogP contribution >= 0.6 is 0 Å². The van der Waals surface area contributed by atoms with Gasteiger partial charge in [-0.3, -0.25) is 14.4 Å². The van der Waals surface area contributed by atoms with Crippen LogP contribution in [-0.4, -0.2) is 66.4 Å². The summed E-state index contributed by atoms with van der Waals surface area (Å²) in [5.41, 5.74) is 2.19. The Bertz CT molecular complexity index is 715. The van der Waals surface area contributed by atoms with Gasteiger partial charge in [0.25, 0.3) is 0 Å². The number of rotatable bonds is 4. The van der Waals surface area contributed by atoms with Crippen molar-refractivity contribution in [2.24, 2.45) is 0 Å². The quantitative estimate of drug-likeness (QED) is 0.850. The highest BCUT2D eigenvalue weighted by atomic mass is 16.5. The highest BCUT2D eigenvalue weighted by Gasteiger charge is 2.31. The highest BCUT2D eigenvalue weighted by Crippen LogP contribution is 2.32. The van der Waals surface area contributed by atoms with Crippen molar-refractivity contribution in [2.45, 2.75) is 38.8 Å². The second-order valence-corrected chi connectivity index (χ2v) is 7.11. The van der Waals surface area contributed by atoms with E-state index in [2.05, 4.69) is 5.32 Å². The van der Waals surface area contributed by atoms with Crippen molar-refractivity contribution in [3.63, 3.8) is 0 Å². The molecule has 1 saturated heterocycles. The standard InChI is InChI=1S/C20H27N3O4/c1-14(20(26)22-9-11-27-12-10-22)21-19(25)13-18-17-6-4-3-5-16(17)7-8-23(18)15(2)24/h3-6,14,18H,7-13H2,1-2H3,(H,21,25). The largest absolute Gasteiger partial charge is 0.378 e. The number of nitrogens with zero attached hydrogens (tertiary/aromatic N) is 2. The zero-order valence-corrected chi connectivity index (χ0v) is 15.9. The molecule has 2 heterocycles. The van der Waals surface area contributed by atoms with Crippen molar-refractivity contribution in [2.75, 3.05) is 32.8 Å². The molecule has 1 fully saturated rings. The normalized spacial score (nSPS) is 20.6. The third-order valence-corrected chi connectivity index (χ3v) is 5.27. The number of ether oxygens (including phenoxy) is 1. The van der Waals surface area contributed by atoms with Gasteiger partial charge in [0.2, 0.25) is 17.7 Å². The predicted molar refractivity (Wildman–Crippen MR) is 99.9 cm³/mol. The molecule has 1 aromatic carbocycles. The molecule has 0 aromatic heterocycles. The van der Waals surface area contributed by atoms with Crippen molar-refractivity contribution in [1.82, 2.24) is 15.1 Å². The first kappa shape index (κ1) is 19.4. The molecule has 0 bridgehead atoms. The monoisotopic (exact) mass is 373 g/mol. The second kappa shape index (κ2) is 8.52. The number of hydrogen-bond acceptors (Lipinski definition) is 4. The van der Waals surface area contributed by atoms with Gasteiger partial charge >= 0.3 is 0 Å². The first-order valence-corrected chi connectivity index (χ1v) is 9.48. The molecule has 27 heavy (non-hydrogen) atoms. The van der Waals surface area contributed by atoms with E-state index in [4.69, 9.17) is 4.74 Å². The Hall–Kier alpha value is -2.41. The minimum absolute atomic E-state index is 0.0419.